The van der Waals surface area contributed by atoms with E-state index in [2.05, 4.69) is 5.10 Å². The Balaban J connectivity index is 1.90. The zero-order chi connectivity index (χ0) is 18.4. The molecule has 3 aromatic rings. The van der Waals surface area contributed by atoms with Crippen LogP contribution in [0.3, 0.4) is 0 Å². The van der Waals surface area contributed by atoms with Gasteiger partial charge in [-0.3, -0.25) is 5.01 Å². The predicted octanol–water partition coefficient (Wildman–Crippen LogP) is 4.15. The van der Waals surface area contributed by atoms with Gasteiger partial charge in [-0.25, -0.2) is 0 Å². The fourth-order valence-corrected chi connectivity index (χ4v) is 2.54. The number of methoxy groups -OCH3 is 1. The summed E-state index contributed by atoms with van der Waals surface area (Å²) in [7, 11) is 1.43. The van der Waals surface area contributed by atoms with Gasteiger partial charge < -0.3 is 14.9 Å². The summed E-state index contributed by atoms with van der Waals surface area (Å²) in [5.41, 5.74) is 2.69. The molecule has 0 bridgehead atoms. The van der Waals surface area contributed by atoms with Crippen LogP contribution in [-0.2, 0) is 6.54 Å². The van der Waals surface area contributed by atoms with Crippen LogP contribution in [0.1, 0.15) is 11.1 Å². The highest BCUT2D eigenvalue weighted by molar-refractivity contribution is 5.83. The minimum atomic E-state index is -0.283. The number of nitrogens with zero attached hydrogens (tertiary/aromatic N) is 2. The molecule has 0 unspecified atom stereocenters. The zero-order valence-electron chi connectivity index (χ0n) is 14.4. The van der Waals surface area contributed by atoms with E-state index in [-0.39, 0.29) is 17.2 Å². The third-order valence-electron chi connectivity index (χ3n) is 3.87. The molecule has 3 aromatic carbocycles. The van der Waals surface area contributed by atoms with E-state index in [1.54, 1.807) is 12.3 Å². The molecule has 0 radical (unpaired) electrons. The van der Waals surface area contributed by atoms with Gasteiger partial charge >= 0.3 is 0 Å². The second-order valence-corrected chi connectivity index (χ2v) is 5.71. The Hall–Kier alpha value is -3.47. The lowest BCUT2D eigenvalue weighted by atomic mass is 10.2. The Morgan fingerprint density at radius 2 is 1.62 bits per heavy atom. The lowest BCUT2D eigenvalue weighted by Gasteiger charge is -2.19. The smallest absolute Gasteiger partial charge is 0.200 e. The lowest BCUT2D eigenvalue weighted by Crippen LogP contribution is -2.16. The molecule has 2 N–H and O–H groups in total. The van der Waals surface area contributed by atoms with Gasteiger partial charge in [0.15, 0.2) is 11.5 Å². The first-order valence-corrected chi connectivity index (χ1v) is 8.18. The number of benzene rings is 3. The second kappa shape index (κ2) is 8.07. The summed E-state index contributed by atoms with van der Waals surface area (Å²) in [5, 5.41) is 26.0. The monoisotopic (exact) mass is 348 g/mol. The molecule has 5 heteroatoms. The van der Waals surface area contributed by atoms with Gasteiger partial charge in [0.05, 0.1) is 25.6 Å². The summed E-state index contributed by atoms with van der Waals surface area (Å²) < 4.78 is 5.07. The fraction of sp³-hybridized carbons (Fsp3) is 0.0952. The first-order valence-electron chi connectivity index (χ1n) is 8.18. The zero-order valence-corrected chi connectivity index (χ0v) is 14.4. The first-order chi connectivity index (χ1) is 12.7. The maximum atomic E-state index is 9.82. The van der Waals surface area contributed by atoms with Gasteiger partial charge in [-0.2, -0.15) is 5.10 Å². The summed E-state index contributed by atoms with van der Waals surface area (Å²) in [5.74, 6) is -0.338. The van der Waals surface area contributed by atoms with Gasteiger partial charge in [0.1, 0.15) is 0 Å². The number of ether oxygens (including phenoxy) is 1. The van der Waals surface area contributed by atoms with Crippen LogP contribution in [0.4, 0.5) is 5.69 Å². The second-order valence-electron chi connectivity index (χ2n) is 5.71. The van der Waals surface area contributed by atoms with Crippen LogP contribution in [0.25, 0.3) is 0 Å². The molecule has 0 saturated carbocycles. The van der Waals surface area contributed by atoms with Crippen molar-refractivity contribution in [1.29, 1.82) is 0 Å². The van der Waals surface area contributed by atoms with E-state index in [1.807, 2.05) is 65.7 Å². The Bertz CT molecular complexity index is 881. The van der Waals surface area contributed by atoms with Crippen molar-refractivity contribution in [2.45, 2.75) is 6.54 Å². The van der Waals surface area contributed by atoms with Crippen LogP contribution >= 0.6 is 0 Å². The summed E-state index contributed by atoms with van der Waals surface area (Å²) in [6.45, 7) is 0.600. The van der Waals surface area contributed by atoms with Gasteiger partial charge in [0.2, 0.25) is 5.75 Å². The molecule has 0 aliphatic carbocycles. The van der Waals surface area contributed by atoms with Gasteiger partial charge in [-0.05, 0) is 29.8 Å². The fourth-order valence-electron chi connectivity index (χ4n) is 2.54. The van der Waals surface area contributed by atoms with Crippen LogP contribution in [0.15, 0.2) is 77.9 Å². The number of hydrogen-bond donors (Lipinski definition) is 2. The summed E-state index contributed by atoms with van der Waals surface area (Å²) in [4.78, 5) is 0. The third-order valence-corrected chi connectivity index (χ3v) is 3.87. The summed E-state index contributed by atoms with van der Waals surface area (Å²) in [6, 6.07) is 22.9. The number of hydrogen-bond acceptors (Lipinski definition) is 5. The standard InChI is InChI=1S/C21H20N2O3/c1-26-20-13-17(12-19(24)21(20)25)14-22-23(18-10-6-3-7-11-18)15-16-8-4-2-5-9-16/h2-14,24-25H,15H2,1H3/b22-14+. The quantitative estimate of drug-likeness (QED) is 0.399. The van der Waals surface area contributed by atoms with Crippen molar-refractivity contribution in [2.24, 2.45) is 5.10 Å². The SMILES string of the molecule is COc1cc(/C=N/N(Cc2ccccc2)c2ccccc2)cc(O)c1O. The predicted molar refractivity (Wildman–Crippen MR) is 103 cm³/mol. The lowest BCUT2D eigenvalue weighted by molar-refractivity contribution is 0.351. The molecule has 3 rings (SSSR count). The van der Waals surface area contributed by atoms with Crippen molar-refractivity contribution in [1.82, 2.24) is 0 Å². The Kier molecular flexibility index (Phi) is 5.39. The molecule has 0 amide bonds. The molecule has 132 valence electrons. The van der Waals surface area contributed by atoms with Gasteiger partial charge in [0.25, 0.3) is 0 Å². The number of hydrazone groups is 1. The van der Waals surface area contributed by atoms with Gasteiger partial charge in [-0.15, -0.1) is 0 Å². The Morgan fingerprint density at radius 1 is 0.962 bits per heavy atom. The van der Waals surface area contributed by atoms with Gasteiger partial charge in [0, 0.05) is 5.56 Å². The van der Waals surface area contributed by atoms with E-state index in [0.717, 1.165) is 11.3 Å². The average molecular weight is 348 g/mol. The van der Waals surface area contributed by atoms with Crippen molar-refractivity contribution in [2.75, 3.05) is 12.1 Å². The summed E-state index contributed by atoms with van der Waals surface area (Å²) in [6.07, 6.45) is 1.62. The molecule has 0 saturated heterocycles. The molecule has 0 fully saturated rings. The normalized spacial score (nSPS) is 10.8. The van der Waals surface area contributed by atoms with Crippen molar-refractivity contribution in [3.63, 3.8) is 0 Å². The van der Waals surface area contributed by atoms with E-state index in [1.165, 1.54) is 13.2 Å². The van der Waals surface area contributed by atoms with Crippen LogP contribution in [0.5, 0.6) is 17.2 Å². The van der Waals surface area contributed by atoms with Crippen LogP contribution in [0, 0.1) is 0 Å². The van der Waals surface area contributed by atoms with Crippen LogP contribution in [0.2, 0.25) is 0 Å². The molecule has 0 aromatic heterocycles. The van der Waals surface area contributed by atoms with E-state index < -0.39 is 0 Å². The van der Waals surface area contributed by atoms with E-state index in [0.29, 0.717) is 12.1 Å². The van der Waals surface area contributed by atoms with Crippen molar-refractivity contribution < 1.29 is 14.9 Å². The minimum Gasteiger partial charge on any atom is -0.504 e. The molecule has 0 aliphatic heterocycles. The van der Waals surface area contributed by atoms with Crippen LogP contribution in [-0.4, -0.2) is 23.5 Å². The molecular weight excluding hydrogens is 328 g/mol. The van der Waals surface area contributed by atoms with E-state index in [4.69, 9.17) is 4.74 Å². The number of para-hydroxylation sites is 1. The third kappa shape index (κ3) is 4.13. The number of rotatable bonds is 6. The summed E-state index contributed by atoms with van der Waals surface area (Å²) >= 11 is 0. The maximum absolute atomic E-state index is 9.82. The Labute approximate surface area is 152 Å². The number of anilines is 1. The molecule has 0 aliphatic rings. The average Bonchev–Trinajstić information content (AvgIpc) is 2.69. The van der Waals surface area contributed by atoms with Crippen LogP contribution < -0.4 is 9.75 Å². The molecule has 5 nitrogen and oxygen atoms in total. The molecule has 26 heavy (non-hydrogen) atoms. The van der Waals surface area contributed by atoms with Crippen molar-refractivity contribution in [3.8, 4) is 17.2 Å². The van der Waals surface area contributed by atoms with Gasteiger partial charge in [-0.1, -0.05) is 48.5 Å². The highest BCUT2D eigenvalue weighted by Gasteiger charge is 2.10. The molecular formula is C21H20N2O3. The number of phenolic OH excluding ortho intramolecular Hbond substituents is 2. The van der Waals surface area contributed by atoms with Crippen molar-refractivity contribution in [3.05, 3.63) is 83.9 Å². The molecule has 0 atom stereocenters. The first kappa shape index (κ1) is 17.4. The van der Waals surface area contributed by atoms with E-state index in [9.17, 15) is 10.2 Å². The Morgan fingerprint density at radius 3 is 2.27 bits per heavy atom. The highest BCUT2D eigenvalue weighted by atomic mass is 16.5. The topological polar surface area (TPSA) is 65.3 Å². The van der Waals surface area contributed by atoms with Crippen molar-refractivity contribution >= 4 is 11.9 Å². The number of aromatic hydroxyl groups is 2. The largest absolute Gasteiger partial charge is 0.504 e. The maximum Gasteiger partial charge on any atom is 0.200 e. The molecule has 0 spiro atoms. The molecule has 0 heterocycles. The minimum absolute atomic E-state index is 0.195. The highest BCUT2D eigenvalue weighted by Crippen LogP contribution is 2.35. The van der Waals surface area contributed by atoms with E-state index >= 15 is 0 Å². The number of phenols is 2.